The summed E-state index contributed by atoms with van der Waals surface area (Å²) in [6, 6.07) is 5.53. The Hall–Kier alpha value is -2.08. The number of carbonyl (C=O) groups excluding carboxylic acids is 1. The lowest BCUT2D eigenvalue weighted by atomic mass is 10.2. The Morgan fingerprint density at radius 3 is 2.85 bits per heavy atom. The van der Waals surface area contributed by atoms with Gasteiger partial charge in [-0.2, -0.15) is 0 Å². The molecule has 0 atom stereocenters. The first-order valence-electron chi connectivity index (χ1n) is 6.73. The highest BCUT2D eigenvalue weighted by Crippen LogP contribution is 2.14. The van der Waals surface area contributed by atoms with Gasteiger partial charge in [-0.1, -0.05) is 6.07 Å². The molecule has 0 unspecified atom stereocenters. The molecule has 0 bridgehead atoms. The summed E-state index contributed by atoms with van der Waals surface area (Å²) in [5, 5.41) is 3.19. The Labute approximate surface area is 116 Å². The lowest BCUT2D eigenvalue weighted by Gasteiger charge is -2.27. The van der Waals surface area contributed by atoms with Gasteiger partial charge in [-0.15, -0.1) is 0 Å². The molecule has 106 valence electrons. The molecule has 6 nitrogen and oxygen atoms in total. The number of benzene rings is 1. The molecule has 0 saturated carbocycles. The Balaban J connectivity index is 1.88. The minimum absolute atomic E-state index is 0.0366. The van der Waals surface area contributed by atoms with Gasteiger partial charge in [0.15, 0.2) is 5.58 Å². The van der Waals surface area contributed by atoms with Gasteiger partial charge in [0.2, 0.25) is 5.91 Å². The first-order valence-corrected chi connectivity index (χ1v) is 6.73. The van der Waals surface area contributed by atoms with E-state index in [9.17, 15) is 9.59 Å². The van der Waals surface area contributed by atoms with Gasteiger partial charge < -0.3 is 14.6 Å². The monoisotopic (exact) mass is 275 g/mol. The van der Waals surface area contributed by atoms with Crippen LogP contribution in [0.15, 0.2) is 27.4 Å². The Morgan fingerprint density at radius 2 is 2.10 bits per heavy atom. The van der Waals surface area contributed by atoms with E-state index in [-0.39, 0.29) is 12.5 Å². The van der Waals surface area contributed by atoms with Gasteiger partial charge in [0.25, 0.3) is 0 Å². The van der Waals surface area contributed by atoms with Crippen molar-refractivity contribution < 1.29 is 9.21 Å². The highest BCUT2D eigenvalue weighted by molar-refractivity contribution is 5.80. The molecule has 1 aliphatic rings. The molecule has 1 aromatic heterocycles. The number of nitrogens with zero attached hydrogens (tertiary/aromatic N) is 2. The van der Waals surface area contributed by atoms with Gasteiger partial charge in [-0.3, -0.25) is 9.36 Å². The van der Waals surface area contributed by atoms with Crippen LogP contribution in [0.25, 0.3) is 11.1 Å². The van der Waals surface area contributed by atoms with E-state index in [0.29, 0.717) is 24.2 Å². The number of amides is 1. The third-order valence-electron chi connectivity index (χ3n) is 3.59. The van der Waals surface area contributed by atoms with Gasteiger partial charge in [0.1, 0.15) is 6.54 Å². The van der Waals surface area contributed by atoms with E-state index >= 15 is 0 Å². The first kappa shape index (κ1) is 12.9. The number of hydrogen-bond donors (Lipinski definition) is 1. The molecule has 1 fully saturated rings. The quantitative estimate of drug-likeness (QED) is 0.858. The molecular weight excluding hydrogens is 258 g/mol. The number of hydrogen-bond acceptors (Lipinski definition) is 4. The predicted octanol–water partition coefficient (Wildman–Crippen LogP) is 0.335. The third-order valence-corrected chi connectivity index (χ3v) is 3.59. The van der Waals surface area contributed by atoms with Crippen LogP contribution in [0, 0.1) is 6.92 Å². The maximum Gasteiger partial charge on any atom is 0.420 e. The van der Waals surface area contributed by atoms with E-state index in [2.05, 4.69) is 5.32 Å². The fourth-order valence-corrected chi connectivity index (χ4v) is 2.47. The summed E-state index contributed by atoms with van der Waals surface area (Å²) in [5.74, 6) is -0.522. The van der Waals surface area contributed by atoms with Crippen LogP contribution in [0.3, 0.4) is 0 Å². The lowest BCUT2D eigenvalue weighted by molar-refractivity contribution is -0.132. The maximum atomic E-state index is 12.2. The van der Waals surface area contributed by atoms with Crippen molar-refractivity contribution in [3.05, 3.63) is 34.3 Å². The number of fused-ring (bicyclic) bond motifs is 1. The van der Waals surface area contributed by atoms with Crippen molar-refractivity contribution in [2.24, 2.45) is 0 Å². The highest BCUT2D eigenvalue weighted by atomic mass is 16.4. The molecule has 1 aromatic carbocycles. The zero-order chi connectivity index (χ0) is 14.1. The second-order valence-corrected chi connectivity index (χ2v) is 5.06. The second-order valence-electron chi connectivity index (χ2n) is 5.06. The molecule has 2 aromatic rings. The summed E-state index contributed by atoms with van der Waals surface area (Å²) in [6.07, 6.45) is 0. The van der Waals surface area contributed by atoms with Crippen LogP contribution < -0.4 is 11.1 Å². The van der Waals surface area contributed by atoms with E-state index in [4.69, 9.17) is 4.42 Å². The number of rotatable bonds is 2. The van der Waals surface area contributed by atoms with E-state index in [1.54, 1.807) is 4.90 Å². The first-order chi connectivity index (χ1) is 9.65. The third kappa shape index (κ3) is 2.34. The van der Waals surface area contributed by atoms with Crippen molar-refractivity contribution >= 4 is 17.0 Å². The molecule has 1 saturated heterocycles. The predicted molar refractivity (Wildman–Crippen MR) is 74.7 cm³/mol. The Morgan fingerprint density at radius 1 is 1.35 bits per heavy atom. The number of oxazole rings is 1. The summed E-state index contributed by atoms with van der Waals surface area (Å²) >= 11 is 0. The summed E-state index contributed by atoms with van der Waals surface area (Å²) in [4.78, 5) is 25.9. The van der Waals surface area contributed by atoms with Crippen molar-refractivity contribution in [3.8, 4) is 0 Å². The van der Waals surface area contributed by atoms with Crippen molar-refractivity contribution in [2.45, 2.75) is 13.5 Å². The molecule has 1 N–H and O–H groups in total. The molecular formula is C14H17N3O3. The molecule has 0 radical (unpaired) electrons. The summed E-state index contributed by atoms with van der Waals surface area (Å²) in [5.41, 5.74) is 2.22. The average molecular weight is 275 g/mol. The zero-order valence-corrected chi connectivity index (χ0v) is 11.4. The molecule has 0 spiro atoms. The van der Waals surface area contributed by atoms with Gasteiger partial charge in [-0.25, -0.2) is 4.79 Å². The van der Waals surface area contributed by atoms with Crippen LogP contribution >= 0.6 is 0 Å². The van der Waals surface area contributed by atoms with Crippen molar-refractivity contribution in [1.82, 2.24) is 14.8 Å². The second kappa shape index (κ2) is 5.13. The van der Waals surface area contributed by atoms with Gasteiger partial charge in [0.05, 0.1) is 5.52 Å². The molecule has 6 heteroatoms. The summed E-state index contributed by atoms with van der Waals surface area (Å²) in [7, 11) is 0. The van der Waals surface area contributed by atoms with Gasteiger partial charge in [0, 0.05) is 26.2 Å². The number of piperazine rings is 1. The molecule has 1 aliphatic heterocycles. The van der Waals surface area contributed by atoms with Crippen LogP contribution in [0.2, 0.25) is 0 Å². The summed E-state index contributed by atoms with van der Waals surface area (Å²) < 4.78 is 6.59. The summed E-state index contributed by atoms with van der Waals surface area (Å²) in [6.45, 7) is 4.93. The molecule has 0 aliphatic carbocycles. The smallest absolute Gasteiger partial charge is 0.408 e. The molecule has 20 heavy (non-hydrogen) atoms. The topological polar surface area (TPSA) is 67.5 Å². The molecule has 1 amide bonds. The van der Waals surface area contributed by atoms with Crippen molar-refractivity contribution in [2.75, 3.05) is 26.2 Å². The number of carbonyl (C=O) groups is 1. The maximum absolute atomic E-state index is 12.2. The van der Waals surface area contributed by atoms with Crippen LogP contribution in [-0.2, 0) is 11.3 Å². The standard InChI is InChI=1S/C14H17N3O3/c1-10-2-3-11-12(8-10)20-14(19)17(11)9-13(18)16-6-4-15-5-7-16/h2-3,8,15H,4-7,9H2,1H3. The largest absolute Gasteiger partial charge is 0.420 e. The van der Waals surface area contributed by atoms with Crippen LogP contribution in [0.4, 0.5) is 0 Å². The van der Waals surface area contributed by atoms with Gasteiger partial charge in [-0.05, 0) is 24.6 Å². The fraction of sp³-hybridized carbons (Fsp3) is 0.429. The Kier molecular flexibility index (Phi) is 3.31. The van der Waals surface area contributed by atoms with E-state index in [1.807, 2.05) is 25.1 Å². The zero-order valence-electron chi connectivity index (χ0n) is 11.4. The van der Waals surface area contributed by atoms with Gasteiger partial charge >= 0.3 is 5.76 Å². The average Bonchev–Trinajstić information content (AvgIpc) is 2.75. The van der Waals surface area contributed by atoms with E-state index in [0.717, 1.165) is 18.7 Å². The number of aryl methyl sites for hydroxylation is 1. The van der Waals surface area contributed by atoms with Crippen LogP contribution in [-0.4, -0.2) is 41.6 Å². The number of nitrogens with one attached hydrogen (secondary N) is 1. The van der Waals surface area contributed by atoms with Crippen LogP contribution in [0.1, 0.15) is 5.56 Å². The normalized spacial score (nSPS) is 15.8. The lowest BCUT2D eigenvalue weighted by Crippen LogP contribution is -2.47. The number of aromatic nitrogens is 1. The van der Waals surface area contributed by atoms with E-state index in [1.165, 1.54) is 4.57 Å². The van der Waals surface area contributed by atoms with Crippen molar-refractivity contribution in [3.63, 3.8) is 0 Å². The van der Waals surface area contributed by atoms with E-state index < -0.39 is 5.76 Å². The van der Waals surface area contributed by atoms with Crippen LogP contribution in [0.5, 0.6) is 0 Å². The Bertz CT molecular complexity index is 695. The molecule has 3 rings (SSSR count). The highest BCUT2D eigenvalue weighted by Gasteiger charge is 2.19. The molecule has 2 heterocycles. The SMILES string of the molecule is Cc1ccc2c(c1)oc(=O)n2CC(=O)N1CCNCC1. The fourth-order valence-electron chi connectivity index (χ4n) is 2.47. The minimum atomic E-state index is -0.478. The van der Waals surface area contributed by atoms with Crippen molar-refractivity contribution in [1.29, 1.82) is 0 Å². The minimum Gasteiger partial charge on any atom is -0.408 e.